The molecule has 1 aromatic carbocycles. The summed E-state index contributed by atoms with van der Waals surface area (Å²) in [6.07, 6.45) is 0.668. The van der Waals surface area contributed by atoms with Crippen molar-refractivity contribution >= 4 is 11.6 Å². The summed E-state index contributed by atoms with van der Waals surface area (Å²) in [6.45, 7) is 7.84. The van der Waals surface area contributed by atoms with Crippen molar-refractivity contribution in [1.29, 1.82) is 0 Å². The minimum Gasteiger partial charge on any atom is -0.311 e. The Morgan fingerprint density at radius 3 is 2.30 bits per heavy atom. The van der Waals surface area contributed by atoms with Crippen LogP contribution in [0, 0.1) is 11.8 Å². The summed E-state index contributed by atoms with van der Waals surface area (Å²) >= 11 is 0. The Bertz CT molecular complexity index is 568. The van der Waals surface area contributed by atoms with Crippen molar-refractivity contribution in [2.75, 3.05) is 11.4 Å². The molecule has 4 heteroatoms. The first-order chi connectivity index (χ1) is 10.9. The third-order valence-corrected chi connectivity index (χ3v) is 5.67. The Hall–Kier alpha value is -1.45. The lowest BCUT2D eigenvalue weighted by Crippen LogP contribution is -2.52. The van der Waals surface area contributed by atoms with Crippen molar-refractivity contribution in [3.63, 3.8) is 0 Å². The van der Waals surface area contributed by atoms with Gasteiger partial charge in [-0.2, -0.15) is 8.78 Å². The molecular weight excluding hydrogens is 296 g/mol. The third kappa shape index (κ3) is 2.38. The van der Waals surface area contributed by atoms with Crippen LogP contribution in [0.5, 0.6) is 0 Å². The Kier molecular flexibility index (Phi) is 5.12. The second-order valence-corrected chi connectivity index (χ2v) is 6.50. The number of nitrogens with zero attached hydrogens (tertiary/aromatic N) is 1. The van der Waals surface area contributed by atoms with Gasteiger partial charge in [-0.3, -0.25) is 4.79 Å². The average Bonchev–Trinajstić information content (AvgIpc) is 2.77. The molecule has 127 valence electrons. The molecule has 0 saturated heterocycles. The molecule has 1 radical (unpaired) electrons. The normalized spacial score (nSPS) is 21.2. The van der Waals surface area contributed by atoms with Crippen LogP contribution in [0.15, 0.2) is 24.3 Å². The first-order valence-electron chi connectivity index (χ1n) is 8.50. The summed E-state index contributed by atoms with van der Waals surface area (Å²) in [7, 11) is 0. The van der Waals surface area contributed by atoms with E-state index in [1.807, 2.05) is 24.3 Å². The molecule has 1 atom stereocenters. The number of benzene rings is 1. The largest absolute Gasteiger partial charge is 0.317 e. The fraction of sp³-hybridized carbons (Fsp3) is 0.579. The summed E-state index contributed by atoms with van der Waals surface area (Å²) < 4.78 is 28.1. The molecular formula is C19H26F2NO. The van der Waals surface area contributed by atoms with Crippen LogP contribution in [-0.2, 0) is 10.2 Å². The van der Waals surface area contributed by atoms with E-state index in [1.165, 1.54) is 0 Å². The Morgan fingerprint density at radius 1 is 1.17 bits per heavy atom. The van der Waals surface area contributed by atoms with Gasteiger partial charge in [0.25, 0.3) is 0 Å². The van der Waals surface area contributed by atoms with Crippen molar-refractivity contribution in [2.45, 2.75) is 58.8 Å². The molecule has 0 fully saturated rings. The van der Waals surface area contributed by atoms with Gasteiger partial charge in [0.1, 0.15) is 0 Å². The fourth-order valence-corrected chi connectivity index (χ4v) is 4.04. The van der Waals surface area contributed by atoms with E-state index in [9.17, 15) is 13.6 Å². The molecule has 0 N–H and O–H groups in total. The summed E-state index contributed by atoms with van der Waals surface area (Å²) in [4.78, 5) is 14.9. The van der Waals surface area contributed by atoms with Crippen molar-refractivity contribution in [3.8, 4) is 0 Å². The summed E-state index contributed by atoms with van der Waals surface area (Å²) in [5, 5.41) is 0. The Balaban J connectivity index is 2.64. The molecule has 0 aromatic heterocycles. The smallest absolute Gasteiger partial charge is 0.311 e. The zero-order chi connectivity index (χ0) is 17.3. The van der Waals surface area contributed by atoms with Crippen LogP contribution in [0.25, 0.3) is 0 Å². The predicted octanol–water partition coefficient (Wildman–Crippen LogP) is 5.33. The van der Waals surface area contributed by atoms with E-state index < -0.39 is 17.3 Å². The Morgan fingerprint density at radius 2 is 1.78 bits per heavy atom. The lowest BCUT2D eigenvalue weighted by atomic mass is 9.58. The van der Waals surface area contributed by atoms with Crippen LogP contribution in [0.3, 0.4) is 0 Å². The highest BCUT2D eigenvalue weighted by Gasteiger charge is 2.63. The third-order valence-electron chi connectivity index (χ3n) is 5.67. The number of hydrogen-bond donors (Lipinski definition) is 0. The molecule has 1 aliphatic rings. The molecule has 1 aromatic rings. The van der Waals surface area contributed by atoms with Gasteiger partial charge in [0.05, 0.1) is 10.8 Å². The highest BCUT2D eigenvalue weighted by Crippen LogP contribution is 2.59. The minimum atomic E-state index is -1.63. The van der Waals surface area contributed by atoms with Gasteiger partial charge in [0.2, 0.25) is 5.91 Å². The fourth-order valence-electron chi connectivity index (χ4n) is 4.04. The maximum Gasteiger partial charge on any atom is 0.317 e. The first kappa shape index (κ1) is 17.9. The van der Waals surface area contributed by atoms with Crippen LogP contribution in [-0.4, -0.2) is 12.5 Å². The maximum absolute atomic E-state index is 14.0. The SMILES string of the molecule is CCCCN1C(=O)C(C)(C(CC)(CC)[C](F)F)c2ccccc21. The van der Waals surface area contributed by atoms with Gasteiger partial charge in [-0.25, -0.2) is 0 Å². The van der Waals surface area contributed by atoms with E-state index in [0.29, 0.717) is 6.54 Å². The number of carbonyl (C=O) groups is 1. The lowest BCUT2D eigenvalue weighted by molar-refractivity contribution is -0.130. The molecule has 1 heterocycles. The van der Waals surface area contributed by atoms with E-state index in [2.05, 4.69) is 6.92 Å². The van der Waals surface area contributed by atoms with E-state index in [4.69, 9.17) is 0 Å². The van der Waals surface area contributed by atoms with Crippen LogP contribution >= 0.6 is 0 Å². The second kappa shape index (κ2) is 6.58. The minimum absolute atomic E-state index is 0.191. The zero-order valence-electron chi connectivity index (χ0n) is 14.5. The average molecular weight is 322 g/mol. The molecule has 0 spiro atoms. The van der Waals surface area contributed by atoms with Crippen LogP contribution < -0.4 is 4.90 Å². The molecule has 1 amide bonds. The standard InChI is InChI=1S/C19H26F2NO/c1-5-8-13-22-15-12-10-9-11-14(15)18(4,17(22)23)19(6-2,7-3)16(20)21/h9-12H,5-8,13H2,1-4H3. The van der Waals surface area contributed by atoms with Crippen molar-refractivity contribution < 1.29 is 13.6 Å². The molecule has 2 nitrogen and oxygen atoms in total. The van der Waals surface area contributed by atoms with E-state index in [0.717, 1.165) is 24.1 Å². The van der Waals surface area contributed by atoms with Gasteiger partial charge in [-0.15, -0.1) is 0 Å². The maximum atomic E-state index is 14.0. The van der Waals surface area contributed by atoms with Crippen LogP contribution in [0.4, 0.5) is 14.5 Å². The number of fused-ring (bicyclic) bond motifs is 1. The number of amides is 1. The van der Waals surface area contributed by atoms with Gasteiger partial charge >= 0.3 is 6.43 Å². The topological polar surface area (TPSA) is 20.3 Å². The van der Waals surface area contributed by atoms with Crippen LogP contribution in [0.1, 0.15) is 58.9 Å². The molecule has 0 saturated carbocycles. The van der Waals surface area contributed by atoms with Crippen molar-refractivity contribution in [2.24, 2.45) is 5.41 Å². The summed E-state index contributed by atoms with van der Waals surface area (Å²) in [5.74, 6) is -0.191. The number of halogens is 2. The van der Waals surface area contributed by atoms with Crippen LogP contribution in [0.2, 0.25) is 0 Å². The van der Waals surface area contributed by atoms with Crippen molar-refractivity contribution in [1.82, 2.24) is 0 Å². The van der Waals surface area contributed by atoms with Gasteiger partial charge < -0.3 is 4.90 Å². The molecule has 0 bridgehead atoms. The number of rotatable bonds is 7. The summed E-state index contributed by atoms with van der Waals surface area (Å²) in [6, 6.07) is 7.41. The first-order valence-corrected chi connectivity index (χ1v) is 8.50. The second-order valence-electron chi connectivity index (χ2n) is 6.50. The number of hydrogen-bond acceptors (Lipinski definition) is 1. The monoisotopic (exact) mass is 322 g/mol. The Labute approximate surface area is 137 Å². The van der Waals surface area contributed by atoms with Gasteiger partial charge in [-0.1, -0.05) is 45.4 Å². The number of anilines is 1. The highest BCUT2D eigenvalue weighted by molar-refractivity contribution is 6.08. The van der Waals surface area contributed by atoms with Crippen molar-refractivity contribution in [3.05, 3.63) is 36.3 Å². The van der Waals surface area contributed by atoms with Gasteiger partial charge in [-0.05, 0) is 37.8 Å². The number of para-hydroxylation sites is 1. The summed E-state index contributed by atoms with van der Waals surface area (Å²) in [5.41, 5.74) is -1.10. The van der Waals surface area contributed by atoms with E-state index in [-0.39, 0.29) is 18.7 Å². The quantitative estimate of drug-likeness (QED) is 0.665. The van der Waals surface area contributed by atoms with Gasteiger partial charge in [0.15, 0.2) is 0 Å². The molecule has 1 aliphatic heterocycles. The van der Waals surface area contributed by atoms with E-state index >= 15 is 0 Å². The molecule has 23 heavy (non-hydrogen) atoms. The lowest BCUT2D eigenvalue weighted by Gasteiger charge is -2.43. The number of carbonyl (C=O) groups excluding carboxylic acids is 1. The molecule has 2 rings (SSSR count). The molecule has 1 unspecified atom stereocenters. The zero-order valence-corrected chi connectivity index (χ0v) is 14.5. The number of unbranched alkanes of at least 4 members (excludes halogenated alkanes) is 1. The van der Waals surface area contributed by atoms with Gasteiger partial charge in [0, 0.05) is 12.2 Å². The highest BCUT2D eigenvalue weighted by atomic mass is 19.3. The molecule has 0 aliphatic carbocycles. The van der Waals surface area contributed by atoms with E-state index in [1.54, 1.807) is 25.7 Å². The predicted molar refractivity (Wildman–Crippen MR) is 89.5 cm³/mol.